The van der Waals surface area contributed by atoms with Crippen LogP contribution in [0.1, 0.15) is 28.2 Å². The van der Waals surface area contributed by atoms with Crippen molar-refractivity contribution in [2.75, 3.05) is 6.61 Å². The van der Waals surface area contributed by atoms with E-state index < -0.39 is 17.9 Å². The molecule has 0 aliphatic carbocycles. The largest absolute Gasteiger partial charge is 0.480 e. The Labute approximate surface area is 104 Å². The standard InChI is InChI=1S/C11H17N3O4/c1-6-9(7(2)14(3)13-6)10(16)12-8(4-5-15)11(17)18/h8,15H,4-5H2,1-3H3,(H,12,16)(H,17,18)/t8-/m1/s1. The predicted octanol–water partition coefficient (Wildman–Crippen LogP) is -0.398. The molecule has 0 aliphatic heterocycles. The molecule has 0 aliphatic rings. The normalized spacial score (nSPS) is 12.2. The summed E-state index contributed by atoms with van der Waals surface area (Å²) in [5, 5.41) is 24.1. The maximum atomic E-state index is 12.0. The average molecular weight is 255 g/mol. The van der Waals surface area contributed by atoms with Crippen LogP contribution in [0.25, 0.3) is 0 Å². The number of aliphatic hydroxyl groups is 1. The van der Waals surface area contributed by atoms with Gasteiger partial charge in [0.25, 0.3) is 5.91 Å². The first-order chi connectivity index (χ1) is 8.38. The summed E-state index contributed by atoms with van der Waals surface area (Å²) in [6.07, 6.45) is -0.0283. The third-order valence-electron chi connectivity index (χ3n) is 2.76. The Balaban J connectivity index is 2.90. The quantitative estimate of drug-likeness (QED) is 0.664. The monoisotopic (exact) mass is 255 g/mol. The molecule has 0 saturated heterocycles. The average Bonchev–Trinajstić information content (AvgIpc) is 2.52. The molecule has 1 rings (SSSR count). The molecule has 7 heteroatoms. The van der Waals surface area contributed by atoms with Crippen LogP contribution in [-0.2, 0) is 11.8 Å². The highest BCUT2D eigenvalue weighted by atomic mass is 16.4. The van der Waals surface area contributed by atoms with E-state index in [1.165, 1.54) is 0 Å². The fourth-order valence-electron chi connectivity index (χ4n) is 1.72. The maximum Gasteiger partial charge on any atom is 0.326 e. The molecule has 1 aromatic rings. The summed E-state index contributed by atoms with van der Waals surface area (Å²) in [7, 11) is 1.71. The number of amides is 1. The van der Waals surface area contributed by atoms with Crippen molar-refractivity contribution in [2.45, 2.75) is 26.3 Å². The Kier molecular flexibility index (Phi) is 4.43. The summed E-state index contributed by atoms with van der Waals surface area (Å²) in [5.41, 5.74) is 1.58. The van der Waals surface area contributed by atoms with Gasteiger partial charge in [0.15, 0.2) is 0 Å². The number of nitrogens with one attached hydrogen (secondary N) is 1. The molecule has 1 heterocycles. The number of aliphatic carboxylic acids is 1. The molecule has 1 amide bonds. The van der Waals surface area contributed by atoms with Crippen LogP contribution in [0.5, 0.6) is 0 Å². The van der Waals surface area contributed by atoms with Crippen molar-refractivity contribution in [1.29, 1.82) is 0 Å². The second-order valence-corrected chi connectivity index (χ2v) is 4.05. The lowest BCUT2D eigenvalue weighted by Gasteiger charge is -2.13. The predicted molar refractivity (Wildman–Crippen MR) is 63.3 cm³/mol. The van der Waals surface area contributed by atoms with Gasteiger partial charge in [0.05, 0.1) is 11.3 Å². The van der Waals surface area contributed by atoms with Crippen molar-refractivity contribution >= 4 is 11.9 Å². The molecular formula is C11H17N3O4. The number of nitrogens with zero attached hydrogens (tertiary/aromatic N) is 2. The number of carbonyl (C=O) groups is 2. The summed E-state index contributed by atoms with van der Waals surface area (Å²) < 4.78 is 1.56. The fourth-order valence-corrected chi connectivity index (χ4v) is 1.72. The van der Waals surface area contributed by atoms with Crippen molar-refractivity contribution in [1.82, 2.24) is 15.1 Å². The minimum atomic E-state index is -1.17. The molecule has 0 fully saturated rings. The van der Waals surface area contributed by atoms with Crippen molar-refractivity contribution in [2.24, 2.45) is 7.05 Å². The highest BCUT2D eigenvalue weighted by Gasteiger charge is 2.23. The first-order valence-corrected chi connectivity index (χ1v) is 5.53. The summed E-state index contributed by atoms with van der Waals surface area (Å²) >= 11 is 0. The first-order valence-electron chi connectivity index (χ1n) is 5.53. The highest BCUT2D eigenvalue weighted by Crippen LogP contribution is 2.12. The molecule has 18 heavy (non-hydrogen) atoms. The molecule has 0 spiro atoms. The van der Waals surface area contributed by atoms with Crippen LogP contribution < -0.4 is 5.32 Å². The summed E-state index contributed by atoms with van der Waals surface area (Å²) in [6.45, 7) is 3.11. The van der Waals surface area contributed by atoms with Gasteiger partial charge in [-0.1, -0.05) is 0 Å². The molecule has 0 bridgehead atoms. The van der Waals surface area contributed by atoms with Gasteiger partial charge in [-0.15, -0.1) is 0 Å². The second-order valence-electron chi connectivity index (χ2n) is 4.05. The number of aliphatic hydroxyl groups excluding tert-OH is 1. The molecule has 0 saturated carbocycles. The number of hydrogen-bond donors (Lipinski definition) is 3. The van der Waals surface area contributed by atoms with Gasteiger partial charge in [-0.3, -0.25) is 9.48 Å². The molecule has 100 valence electrons. The van der Waals surface area contributed by atoms with Gasteiger partial charge >= 0.3 is 5.97 Å². The van der Waals surface area contributed by atoms with E-state index in [9.17, 15) is 9.59 Å². The van der Waals surface area contributed by atoms with Gasteiger partial charge in [0.2, 0.25) is 0 Å². The molecule has 0 radical (unpaired) electrons. The lowest BCUT2D eigenvalue weighted by molar-refractivity contribution is -0.139. The van der Waals surface area contributed by atoms with Crippen LogP contribution in [0.3, 0.4) is 0 Å². The number of carboxylic acid groups (broad SMARTS) is 1. The Hall–Kier alpha value is -1.89. The van der Waals surface area contributed by atoms with Crippen LogP contribution in [-0.4, -0.2) is 44.5 Å². The summed E-state index contributed by atoms with van der Waals surface area (Å²) in [5.74, 6) is -1.66. The topological polar surface area (TPSA) is 104 Å². The zero-order chi connectivity index (χ0) is 13.9. The van der Waals surface area contributed by atoms with Gasteiger partial charge < -0.3 is 15.5 Å². The van der Waals surface area contributed by atoms with Gasteiger partial charge in [-0.05, 0) is 13.8 Å². The van der Waals surface area contributed by atoms with E-state index in [1.807, 2.05) is 0 Å². The zero-order valence-corrected chi connectivity index (χ0v) is 10.6. The molecule has 3 N–H and O–H groups in total. The van der Waals surface area contributed by atoms with Crippen LogP contribution in [0, 0.1) is 13.8 Å². The van der Waals surface area contributed by atoms with Crippen molar-refractivity contribution in [3.05, 3.63) is 17.0 Å². The smallest absolute Gasteiger partial charge is 0.326 e. The minimum Gasteiger partial charge on any atom is -0.480 e. The summed E-state index contributed by atoms with van der Waals surface area (Å²) in [4.78, 5) is 22.9. The summed E-state index contributed by atoms with van der Waals surface area (Å²) in [6, 6.07) is -1.10. The number of hydrogen-bond acceptors (Lipinski definition) is 4. The highest BCUT2D eigenvalue weighted by molar-refractivity contribution is 5.98. The SMILES string of the molecule is Cc1nn(C)c(C)c1C(=O)N[C@H](CCO)C(=O)O. The third kappa shape index (κ3) is 2.86. The van der Waals surface area contributed by atoms with Gasteiger partial charge in [0, 0.05) is 25.8 Å². The minimum absolute atomic E-state index is 0.0283. The number of carbonyl (C=O) groups excluding carboxylic acids is 1. The number of carboxylic acids is 1. The molecule has 1 aromatic heterocycles. The van der Waals surface area contributed by atoms with E-state index in [1.54, 1.807) is 25.6 Å². The molecule has 0 aromatic carbocycles. The Morgan fingerprint density at radius 2 is 2.06 bits per heavy atom. The Bertz CT molecular complexity index is 467. The number of rotatable bonds is 5. The van der Waals surface area contributed by atoms with E-state index >= 15 is 0 Å². The Morgan fingerprint density at radius 1 is 1.44 bits per heavy atom. The second kappa shape index (κ2) is 5.63. The van der Waals surface area contributed by atoms with Gasteiger partial charge in [-0.25, -0.2) is 4.79 Å². The lowest BCUT2D eigenvalue weighted by Crippen LogP contribution is -2.41. The molecular weight excluding hydrogens is 238 g/mol. The van der Waals surface area contributed by atoms with Gasteiger partial charge in [-0.2, -0.15) is 5.10 Å². The van der Waals surface area contributed by atoms with Crippen LogP contribution in [0.2, 0.25) is 0 Å². The Morgan fingerprint density at radius 3 is 2.44 bits per heavy atom. The van der Waals surface area contributed by atoms with Crippen molar-refractivity contribution in [3.8, 4) is 0 Å². The lowest BCUT2D eigenvalue weighted by atomic mass is 10.1. The molecule has 1 atom stereocenters. The number of aryl methyl sites for hydroxylation is 2. The van der Waals surface area contributed by atoms with Crippen LogP contribution >= 0.6 is 0 Å². The van der Waals surface area contributed by atoms with E-state index in [0.717, 1.165) is 0 Å². The van der Waals surface area contributed by atoms with Crippen LogP contribution in [0.4, 0.5) is 0 Å². The first kappa shape index (κ1) is 14.2. The molecule has 7 nitrogen and oxygen atoms in total. The number of aromatic nitrogens is 2. The van der Waals surface area contributed by atoms with E-state index in [-0.39, 0.29) is 13.0 Å². The maximum absolute atomic E-state index is 12.0. The molecule has 0 unspecified atom stereocenters. The van der Waals surface area contributed by atoms with E-state index in [0.29, 0.717) is 17.0 Å². The van der Waals surface area contributed by atoms with Crippen molar-refractivity contribution in [3.63, 3.8) is 0 Å². The van der Waals surface area contributed by atoms with Crippen molar-refractivity contribution < 1.29 is 19.8 Å². The van der Waals surface area contributed by atoms with E-state index in [2.05, 4.69) is 10.4 Å². The van der Waals surface area contributed by atoms with E-state index in [4.69, 9.17) is 10.2 Å². The van der Waals surface area contributed by atoms with Crippen LogP contribution in [0.15, 0.2) is 0 Å². The zero-order valence-electron chi connectivity index (χ0n) is 10.6. The fraction of sp³-hybridized carbons (Fsp3) is 0.545. The van der Waals surface area contributed by atoms with Gasteiger partial charge in [0.1, 0.15) is 6.04 Å². The third-order valence-corrected chi connectivity index (χ3v) is 2.76.